The van der Waals surface area contributed by atoms with Crippen LogP contribution in [0.4, 0.5) is 0 Å². The second-order valence-electron chi connectivity index (χ2n) is 4.96. The quantitative estimate of drug-likeness (QED) is 0.664. The molecule has 25 heavy (non-hydrogen) atoms. The molecule has 0 fully saturated rings. The second-order valence-corrected chi connectivity index (χ2v) is 5.82. The average Bonchev–Trinajstić information content (AvgIpc) is 3.23. The first-order valence-corrected chi connectivity index (χ1v) is 7.95. The van der Waals surface area contributed by atoms with Crippen molar-refractivity contribution in [1.29, 1.82) is 0 Å². The number of fused-ring (bicyclic) bond motifs is 1. The fourth-order valence-corrected chi connectivity index (χ4v) is 3.02. The molecule has 0 saturated heterocycles. The highest BCUT2D eigenvalue weighted by molar-refractivity contribution is 7.13. The molecule has 0 atom stereocenters. The molecule has 0 unspecified atom stereocenters. The van der Waals surface area contributed by atoms with Crippen molar-refractivity contribution >= 4 is 29.1 Å². The molecule has 0 saturated carbocycles. The van der Waals surface area contributed by atoms with Gasteiger partial charge in [-0.1, -0.05) is 17.2 Å². The van der Waals surface area contributed by atoms with E-state index in [1.54, 1.807) is 12.1 Å². The lowest BCUT2D eigenvalue weighted by Crippen LogP contribution is -2.32. The van der Waals surface area contributed by atoms with Crippen LogP contribution in [0.1, 0.15) is 31.2 Å². The zero-order chi connectivity index (χ0) is 17.4. The van der Waals surface area contributed by atoms with Crippen molar-refractivity contribution in [3.63, 3.8) is 0 Å². The van der Waals surface area contributed by atoms with Crippen LogP contribution in [0.5, 0.6) is 0 Å². The molecule has 1 aliphatic heterocycles. The maximum atomic E-state index is 12.2. The van der Waals surface area contributed by atoms with Crippen LogP contribution >= 0.6 is 11.3 Å². The summed E-state index contributed by atoms with van der Waals surface area (Å²) in [6.45, 7) is 0. The monoisotopic (exact) mass is 352 g/mol. The Kier molecular flexibility index (Phi) is 3.55. The van der Waals surface area contributed by atoms with E-state index in [-0.39, 0.29) is 16.8 Å². The minimum atomic E-state index is -0.902. The minimum absolute atomic E-state index is 0.0257. The number of hydrogen-bond acceptors (Lipinski definition) is 8. The Morgan fingerprint density at radius 3 is 2.44 bits per heavy atom. The van der Waals surface area contributed by atoms with Gasteiger partial charge in [-0.15, -0.1) is 11.3 Å². The van der Waals surface area contributed by atoms with Crippen LogP contribution in [0.25, 0.3) is 10.7 Å². The topological polar surface area (TPSA) is 102 Å². The number of amides is 2. The molecule has 0 aliphatic carbocycles. The Morgan fingerprint density at radius 1 is 1.08 bits per heavy atom. The van der Waals surface area contributed by atoms with E-state index in [9.17, 15) is 14.4 Å². The van der Waals surface area contributed by atoms with Crippen LogP contribution in [0.2, 0.25) is 0 Å². The number of carbonyl (C=O) groups is 3. The highest BCUT2D eigenvalue weighted by Gasteiger charge is 2.39. The van der Waals surface area contributed by atoms with Gasteiger partial charge in [-0.2, -0.15) is 0 Å². The first-order valence-electron chi connectivity index (χ1n) is 7.07. The van der Waals surface area contributed by atoms with Gasteiger partial charge in [0.15, 0.2) is 5.69 Å². The molecule has 122 valence electrons. The lowest BCUT2D eigenvalue weighted by Gasteiger charge is -2.11. The number of benzene rings is 1. The van der Waals surface area contributed by atoms with Gasteiger partial charge in [-0.25, -0.2) is 9.78 Å². The molecule has 2 amide bonds. The van der Waals surface area contributed by atoms with Crippen molar-refractivity contribution in [1.82, 2.24) is 20.0 Å². The molecular weight excluding hydrogens is 344 g/mol. The largest absolute Gasteiger partial charge is 0.383 e. The van der Waals surface area contributed by atoms with Crippen LogP contribution in [-0.2, 0) is 4.84 Å². The summed E-state index contributed by atoms with van der Waals surface area (Å²) in [5, 5.41) is 2.39. The van der Waals surface area contributed by atoms with E-state index in [1.165, 1.54) is 47.4 Å². The Balaban J connectivity index is 1.55. The van der Waals surface area contributed by atoms with Crippen molar-refractivity contribution in [2.24, 2.45) is 0 Å². The fourth-order valence-electron chi connectivity index (χ4n) is 2.27. The maximum absolute atomic E-state index is 12.2. The predicted octanol–water partition coefficient (Wildman–Crippen LogP) is 1.97. The summed E-state index contributed by atoms with van der Waals surface area (Å²) < 4.78 is 0. The highest BCUT2D eigenvalue weighted by atomic mass is 32.1. The normalized spacial score (nSPS) is 13.0. The molecule has 4 rings (SSSR count). The van der Waals surface area contributed by atoms with E-state index in [2.05, 4.69) is 15.0 Å². The van der Waals surface area contributed by atoms with Crippen LogP contribution in [0.3, 0.4) is 0 Å². The molecule has 0 radical (unpaired) electrons. The van der Waals surface area contributed by atoms with Gasteiger partial charge in [0, 0.05) is 17.8 Å². The summed E-state index contributed by atoms with van der Waals surface area (Å²) in [4.78, 5) is 53.7. The van der Waals surface area contributed by atoms with E-state index in [4.69, 9.17) is 4.84 Å². The van der Waals surface area contributed by atoms with Gasteiger partial charge in [0.05, 0.1) is 17.3 Å². The first kappa shape index (κ1) is 15.1. The molecule has 0 bridgehead atoms. The number of hydrogen-bond donors (Lipinski definition) is 0. The van der Waals surface area contributed by atoms with Crippen LogP contribution in [-0.4, -0.2) is 37.8 Å². The fraction of sp³-hybridized carbons (Fsp3) is 0. The molecule has 3 heterocycles. The number of rotatable bonds is 3. The van der Waals surface area contributed by atoms with E-state index in [0.717, 1.165) is 0 Å². The molecule has 8 nitrogen and oxygen atoms in total. The van der Waals surface area contributed by atoms with Crippen molar-refractivity contribution in [3.8, 4) is 10.7 Å². The first-order chi connectivity index (χ1) is 12.1. The Labute approximate surface area is 144 Å². The zero-order valence-corrected chi connectivity index (χ0v) is 13.3. The SMILES string of the molecule is O=C(ON1C(=O)c2ccccc2C1=O)c1csc(-c2cnccn2)n1. The van der Waals surface area contributed by atoms with Gasteiger partial charge < -0.3 is 4.84 Å². The number of carbonyl (C=O) groups excluding carboxylic acids is 3. The van der Waals surface area contributed by atoms with E-state index in [1.807, 2.05) is 0 Å². The molecule has 3 aromatic rings. The van der Waals surface area contributed by atoms with E-state index in [0.29, 0.717) is 15.8 Å². The second kappa shape index (κ2) is 5.87. The maximum Gasteiger partial charge on any atom is 0.383 e. The summed E-state index contributed by atoms with van der Waals surface area (Å²) >= 11 is 1.18. The Bertz CT molecular complexity index is 967. The van der Waals surface area contributed by atoms with Gasteiger partial charge >= 0.3 is 5.97 Å². The van der Waals surface area contributed by atoms with Crippen molar-refractivity contribution in [2.45, 2.75) is 0 Å². The smallest absolute Gasteiger partial charge is 0.322 e. The number of thiazole rings is 1. The molecule has 0 spiro atoms. The third kappa shape index (κ3) is 2.56. The summed E-state index contributed by atoms with van der Waals surface area (Å²) in [6, 6.07) is 6.25. The number of nitrogens with zero attached hydrogens (tertiary/aromatic N) is 4. The van der Waals surface area contributed by atoms with Gasteiger partial charge in [0.25, 0.3) is 11.8 Å². The summed E-state index contributed by atoms with van der Waals surface area (Å²) in [6.07, 6.45) is 4.54. The van der Waals surface area contributed by atoms with Gasteiger partial charge in [-0.05, 0) is 12.1 Å². The van der Waals surface area contributed by atoms with Crippen LogP contribution in [0.15, 0.2) is 48.2 Å². The number of imide groups is 1. The Morgan fingerprint density at radius 2 is 1.80 bits per heavy atom. The average molecular weight is 352 g/mol. The van der Waals surface area contributed by atoms with Crippen molar-refractivity contribution < 1.29 is 19.2 Å². The zero-order valence-electron chi connectivity index (χ0n) is 12.4. The van der Waals surface area contributed by atoms with Crippen LogP contribution < -0.4 is 0 Å². The Hall–Kier alpha value is -3.46. The van der Waals surface area contributed by atoms with E-state index < -0.39 is 17.8 Å². The molecular formula is C16H8N4O4S. The van der Waals surface area contributed by atoms with Crippen LogP contribution in [0, 0.1) is 0 Å². The third-order valence-electron chi connectivity index (χ3n) is 3.43. The van der Waals surface area contributed by atoms with Crippen molar-refractivity contribution in [3.05, 3.63) is 65.1 Å². The highest BCUT2D eigenvalue weighted by Crippen LogP contribution is 2.25. The number of aromatic nitrogens is 3. The van der Waals surface area contributed by atoms with Crippen molar-refractivity contribution in [2.75, 3.05) is 0 Å². The molecule has 1 aromatic carbocycles. The van der Waals surface area contributed by atoms with E-state index >= 15 is 0 Å². The lowest BCUT2D eigenvalue weighted by atomic mass is 10.1. The molecule has 1 aliphatic rings. The van der Waals surface area contributed by atoms with Gasteiger partial charge in [-0.3, -0.25) is 19.6 Å². The predicted molar refractivity (Wildman–Crippen MR) is 85.5 cm³/mol. The minimum Gasteiger partial charge on any atom is -0.322 e. The summed E-state index contributed by atoms with van der Waals surface area (Å²) in [5.74, 6) is -2.27. The van der Waals surface area contributed by atoms with Gasteiger partial charge in [0.2, 0.25) is 0 Å². The summed E-state index contributed by atoms with van der Waals surface area (Å²) in [5.41, 5.74) is 0.868. The molecule has 9 heteroatoms. The molecule has 0 N–H and O–H groups in total. The molecule has 2 aromatic heterocycles. The third-order valence-corrected chi connectivity index (χ3v) is 4.29. The van der Waals surface area contributed by atoms with Gasteiger partial charge in [0.1, 0.15) is 10.7 Å². The standard InChI is InChI=1S/C16H8N4O4S/c21-14-9-3-1-2-4-10(9)15(22)20(14)24-16(23)12-8-25-13(19-12)11-7-17-5-6-18-11/h1-8H. The lowest BCUT2D eigenvalue weighted by molar-refractivity contribution is -0.0587. The summed E-state index contributed by atoms with van der Waals surface area (Å²) in [7, 11) is 0. The number of hydroxylamine groups is 2.